The molecular formula is C18H19F3N2O. The molecule has 2 N–H and O–H groups in total. The molecule has 0 heterocycles. The summed E-state index contributed by atoms with van der Waals surface area (Å²) < 4.78 is 38.0. The lowest BCUT2D eigenvalue weighted by molar-refractivity contribution is -0.137. The molecule has 1 amide bonds. The second-order valence-corrected chi connectivity index (χ2v) is 5.58. The second kappa shape index (κ2) is 6.95. The van der Waals surface area contributed by atoms with Gasteiger partial charge in [-0.3, -0.25) is 4.79 Å². The van der Waals surface area contributed by atoms with Crippen molar-refractivity contribution in [3.05, 3.63) is 65.2 Å². The van der Waals surface area contributed by atoms with Crippen LogP contribution in [0.1, 0.15) is 40.9 Å². The van der Waals surface area contributed by atoms with Crippen LogP contribution in [0.2, 0.25) is 0 Å². The van der Waals surface area contributed by atoms with Gasteiger partial charge in [-0.25, -0.2) is 0 Å². The van der Waals surface area contributed by atoms with Gasteiger partial charge in [0.2, 0.25) is 0 Å². The fourth-order valence-electron chi connectivity index (χ4n) is 2.60. The molecule has 2 aromatic rings. The molecule has 0 spiro atoms. The summed E-state index contributed by atoms with van der Waals surface area (Å²) >= 11 is 0. The Morgan fingerprint density at radius 2 is 1.62 bits per heavy atom. The molecule has 0 aliphatic heterocycles. The Bertz CT molecular complexity index is 694. The highest BCUT2D eigenvalue weighted by atomic mass is 19.4. The maximum Gasteiger partial charge on any atom is 0.416 e. The van der Waals surface area contributed by atoms with Gasteiger partial charge in [-0.05, 0) is 48.4 Å². The summed E-state index contributed by atoms with van der Waals surface area (Å²) in [6.07, 6.45) is -3.78. The lowest BCUT2D eigenvalue weighted by atomic mass is 10.0. The minimum Gasteiger partial charge on any atom is -0.399 e. The third kappa shape index (κ3) is 3.88. The van der Waals surface area contributed by atoms with Crippen LogP contribution in [-0.2, 0) is 6.18 Å². The van der Waals surface area contributed by atoms with E-state index in [-0.39, 0.29) is 11.9 Å². The molecule has 24 heavy (non-hydrogen) atoms. The highest BCUT2D eigenvalue weighted by molar-refractivity contribution is 5.94. The molecule has 2 aromatic carbocycles. The van der Waals surface area contributed by atoms with E-state index < -0.39 is 11.7 Å². The fraction of sp³-hybridized carbons (Fsp3) is 0.278. The quantitative estimate of drug-likeness (QED) is 0.835. The molecule has 3 nitrogen and oxygen atoms in total. The molecule has 0 aromatic heterocycles. The lowest BCUT2D eigenvalue weighted by Crippen LogP contribution is -2.31. The van der Waals surface area contributed by atoms with E-state index in [1.54, 1.807) is 31.3 Å². The van der Waals surface area contributed by atoms with Crippen molar-refractivity contribution < 1.29 is 18.0 Å². The fourth-order valence-corrected chi connectivity index (χ4v) is 2.60. The van der Waals surface area contributed by atoms with Gasteiger partial charge in [-0.15, -0.1) is 0 Å². The van der Waals surface area contributed by atoms with Gasteiger partial charge in [0, 0.05) is 18.3 Å². The van der Waals surface area contributed by atoms with Crippen molar-refractivity contribution in [2.24, 2.45) is 0 Å². The zero-order valence-corrected chi connectivity index (χ0v) is 13.5. The van der Waals surface area contributed by atoms with Crippen LogP contribution in [0.25, 0.3) is 0 Å². The van der Waals surface area contributed by atoms with Gasteiger partial charge >= 0.3 is 6.18 Å². The monoisotopic (exact) mass is 336 g/mol. The highest BCUT2D eigenvalue weighted by Gasteiger charge is 2.30. The second-order valence-electron chi connectivity index (χ2n) is 5.58. The minimum absolute atomic E-state index is 0.207. The first-order chi connectivity index (χ1) is 11.2. The molecule has 0 bridgehead atoms. The van der Waals surface area contributed by atoms with Crippen molar-refractivity contribution >= 4 is 11.6 Å². The number of benzene rings is 2. The Balaban J connectivity index is 2.23. The topological polar surface area (TPSA) is 46.3 Å². The van der Waals surface area contributed by atoms with E-state index in [1.165, 1.54) is 17.0 Å². The molecule has 0 radical (unpaired) electrons. The van der Waals surface area contributed by atoms with Crippen LogP contribution < -0.4 is 5.73 Å². The summed E-state index contributed by atoms with van der Waals surface area (Å²) in [5.41, 5.74) is 6.62. The minimum atomic E-state index is -4.37. The summed E-state index contributed by atoms with van der Waals surface area (Å²) in [4.78, 5) is 14.1. The maximum absolute atomic E-state index is 12.7. The Kier molecular flexibility index (Phi) is 5.17. The van der Waals surface area contributed by atoms with Gasteiger partial charge in [0.15, 0.2) is 0 Å². The highest BCUT2D eigenvalue weighted by Crippen LogP contribution is 2.31. The number of alkyl halides is 3. The van der Waals surface area contributed by atoms with Crippen molar-refractivity contribution in [2.45, 2.75) is 25.6 Å². The summed E-state index contributed by atoms with van der Waals surface area (Å²) in [7, 11) is 1.64. The molecule has 0 aliphatic carbocycles. The van der Waals surface area contributed by atoms with Crippen LogP contribution in [0, 0.1) is 0 Å². The van der Waals surface area contributed by atoms with Crippen LogP contribution >= 0.6 is 0 Å². The van der Waals surface area contributed by atoms with E-state index in [2.05, 4.69) is 0 Å². The molecule has 0 saturated carbocycles. The first-order valence-electron chi connectivity index (χ1n) is 7.54. The summed E-state index contributed by atoms with van der Waals surface area (Å²) in [5, 5.41) is 0. The van der Waals surface area contributed by atoms with Crippen molar-refractivity contribution in [3.8, 4) is 0 Å². The number of anilines is 1. The molecule has 0 unspecified atom stereocenters. The van der Waals surface area contributed by atoms with E-state index in [9.17, 15) is 18.0 Å². The van der Waals surface area contributed by atoms with Crippen LogP contribution in [0.15, 0.2) is 48.5 Å². The molecular weight excluding hydrogens is 317 g/mol. The standard InChI is InChI=1S/C18H19F3N2O/c1-3-16(12-4-8-14(9-5-12)18(19,20)21)23(2)17(24)13-6-10-15(22)11-7-13/h4-11,16H,3,22H2,1-2H3/t16-/m1/s1. The van der Waals surface area contributed by atoms with E-state index >= 15 is 0 Å². The van der Waals surface area contributed by atoms with E-state index in [1.807, 2.05) is 6.92 Å². The Morgan fingerprint density at radius 1 is 1.08 bits per heavy atom. The molecule has 2 rings (SSSR count). The van der Waals surface area contributed by atoms with Crippen molar-refractivity contribution in [1.29, 1.82) is 0 Å². The number of nitrogen functional groups attached to an aromatic ring is 1. The molecule has 0 fully saturated rings. The Morgan fingerprint density at radius 3 is 2.08 bits per heavy atom. The Hall–Kier alpha value is -2.50. The zero-order valence-electron chi connectivity index (χ0n) is 13.5. The smallest absolute Gasteiger partial charge is 0.399 e. The average Bonchev–Trinajstić information content (AvgIpc) is 2.55. The van der Waals surface area contributed by atoms with Crippen molar-refractivity contribution in [3.63, 3.8) is 0 Å². The number of halogens is 3. The van der Waals surface area contributed by atoms with Gasteiger partial charge in [0.25, 0.3) is 5.91 Å². The molecule has 1 atom stereocenters. The number of nitrogens with two attached hydrogens (primary N) is 1. The number of nitrogens with zero attached hydrogens (tertiary/aromatic N) is 1. The van der Waals surface area contributed by atoms with Gasteiger partial charge in [0.1, 0.15) is 0 Å². The number of hydrogen-bond acceptors (Lipinski definition) is 2. The average molecular weight is 336 g/mol. The number of hydrogen-bond donors (Lipinski definition) is 1. The van der Waals surface area contributed by atoms with E-state index in [0.29, 0.717) is 23.2 Å². The van der Waals surface area contributed by atoms with Gasteiger partial charge in [-0.2, -0.15) is 13.2 Å². The summed E-state index contributed by atoms with van der Waals surface area (Å²) in [6, 6.07) is 11.2. The van der Waals surface area contributed by atoms with Crippen LogP contribution in [-0.4, -0.2) is 17.9 Å². The predicted molar refractivity (Wildman–Crippen MR) is 87.4 cm³/mol. The van der Waals surface area contributed by atoms with Gasteiger partial charge in [0.05, 0.1) is 11.6 Å². The normalized spacial score (nSPS) is 12.7. The van der Waals surface area contributed by atoms with Gasteiger partial charge < -0.3 is 10.6 Å². The lowest BCUT2D eigenvalue weighted by Gasteiger charge is -2.28. The van der Waals surface area contributed by atoms with E-state index in [0.717, 1.165) is 12.1 Å². The SMILES string of the molecule is CC[C@H](c1ccc(C(F)(F)F)cc1)N(C)C(=O)c1ccc(N)cc1. The largest absolute Gasteiger partial charge is 0.416 e. The maximum atomic E-state index is 12.7. The molecule has 0 aliphatic rings. The molecule has 6 heteroatoms. The first-order valence-corrected chi connectivity index (χ1v) is 7.54. The summed E-state index contributed by atoms with van der Waals surface area (Å²) in [6.45, 7) is 1.88. The number of rotatable bonds is 4. The Labute approximate surface area is 138 Å². The first kappa shape index (κ1) is 17.8. The van der Waals surface area contributed by atoms with Crippen molar-refractivity contribution in [2.75, 3.05) is 12.8 Å². The van der Waals surface area contributed by atoms with Crippen LogP contribution in [0.5, 0.6) is 0 Å². The zero-order chi connectivity index (χ0) is 17.9. The molecule has 0 saturated heterocycles. The molecule has 128 valence electrons. The van der Waals surface area contributed by atoms with Gasteiger partial charge in [-0.1, -0.05) is 19.1 Å². The van der Waals surface area contributed by atoms with Crippen LogP contribution in [0.3, 0.4) is 0 Å². The number of carbonyl (C=O) groups excluding carboxylic acids is 1. The summed E-state index contributed by atoms with van der Waals surface area (Å²) in [5.74, 6) is -0.207. The third-order valence-electron chi connectivity index (χ3n) is 3.95. The van der Waals surface area contributed by atoms with Crippen molar-refractivity contribution in [1.82, 2.24) is 4.90 Å². The number of amides is 1. The van der Waals surface area contributed by atoms with Crippen LogP contribution in [0.4, 0.5) is 18.9 Å². The predicted octanol–water partition coefficient (Wildman–Crippen LogP) is 4.51. The number of carbonyl (C=O) groups is 1. The van der Waals surface area contributed by atoms with E-state index in [4.69, 9.17) is 5.73 Å². The third-order valence-corrected chi connectivity index (χ3v) is 3.95.